The highest BCUT2D eigenvalue weighted by Gasteiger charge is 2.13. The molecule has 0 saturated carbocycles. The summed E-state index contributed by atoms with van der Waals surface area (Å²) in [5, 5.41) is 9.22. The molecular weight excluding hydrogens is 257 g/mol. The Bertz CT molecular complexity index is 767. The lowest BCUT2D eigenvalue weighted by Gasteiger charge is -2.08. The van der Waals surface area contributed by atoms with Crippen molar-refractivity contribution in [1.29, 1.82) is 0 Å². The number of aliphatic hydroxyl groups excluding tert-OH is 1. The van der Waals surface area contributed by atoms with Gasteiger partial charge in [-0.3, -0.25) is 0 Å². The Morgan fingerprint density at radius 2 is 2.00 bits per heavy atom. The first-order valence-electron chi connectivity index (χ1n) is 6.32. The zero-order valence-electron chi connectivity index (χ0n) is 10.8. The van der Waals surface area contributed by atoms with Crippen LogP contribution in [0.5, 0.6) is 0 Å². The van der Waals surface area contributed by atoms with Gasteiger partial charge in [0, 0.05) is 12.1 Å². The summed E-state index contributed by atoms with van der Waals surface area (Å²) < 4.78 is 15.5. The highest BCUT2D eigenvalue weighted by molar-refractivity contribution is 5.80. The van der Waals surface area contributed by atoms with E-state index in [1.807, 2.05) is 28.8 Å². The van der Waals surface area contributed by atoms with Gasteiger partial charge in [-0.15, -0.1) is 0 Å². The number of hydrogen-bond acceptors (Lipinski definition) is 3. The molecule has 0 fully saturated rings. The Kier molecular flexibility index (Phi) is 3.12. The highest BCUT2D eigenvalue weighted by Crippen LogP contribution is 2.26. The lowest BCUT2D eigenvalue weighted by molar-refractivity contribution is 0.278. The van der Waals surface area contributed by atoms with Crippen LogP contribution in [-0.2, 0) is 6.54 Å². The van der Waals surface area contributed by atoms with Gasteiger partial charge in [0.1, 0.15) is 11.6 Å². The average molecular weight is 271 g/mol. The number of rotatable bonds is 3. The first-order valence-corrected chi connectivity index (χ1v) is 6.32. The molecule has 3 aromatic rings. The largest absolute Gasteiger partial charge is 0.396 e. The molecule has 1 aromatic heterocycles. The number of nitrogen functional groups attached to an aromatic ring is 1. The molecule has 0 aliphatic heterocycles. The van der Waals surface area contributed by atoms with E-state index < -0.39 is 5.82 Å². The van der Waals surface area contributed by atoms with Crippen LogP contribution in [0.2, 0.25) is 0 Å². The van der Waals surface area contributed by atoms with Crippen molar-refractivity contribution in [3.05, 3.63) is 48.3 Å². The Hall–Kier alpha value is -2.40. The summed E-state index contributed by atoms with van der Waals surface area (Å²) in [6, 6.07) is 12.2. The number of nitrogens with zero attached hydrogens (tertiary/aromatic N) is 2. The summed E-state index contributed by atoms with van der Waals surface area (Å²) >= 11 is 0. The van der Waals surface area contributed by atoms with Crippen molar-refractivity contribution in [2.75, 3.05) is 12.3 Å². The van der Waals surface area contributed by atoms with Crippen LogP contribution < -0.4 is 5.73 Å². The Morgan fingerprint density at radius 3 is 2.75 bits per heavy atom. The lowest BCUT2D eigenvalue weighted by Crippen LogP contribution is -2.04. The minimum absolute atomic E-state index is 0.00912. The number of hydrogen-bond donors (Lipinski definition) is 2. The Morgan fingerprint density at radius 1 is 1.20 bits per heavy atom. The third kappa shape index (κ3) is 2.02. The first-order chi connectivity index (χ1) is 9.70. The quantitative estimate of drug-likeness (QED) is 0.719. The van der Waals surface area contributed by atoms with Crippen molar-refractivity contribution in [2.24, 2.45) is 0 Å². The summed E-state index contributed by atoms with van der Waals surface area (Å²) in [5.74, 6) is 0.157. The summed E-state index contributed by atoms with van der Waals surface area (Å²) in [7, 11) is 0. The smallest absolute Gasteiger partial charge is 0.146 e. The molecule has 1 heterocycles. The van der Waals surface area contributed by atoms with Crippen LogP contribution in [0.15, 0.2) is 42.5 Å². The van der Waals surface area contributed by atoms with Crippen molar-refractivity contribution in [3.63, 3.8) is 0 Å². The molecule has 0 aliphatic rings. The fourth-order valence-electron chi connectivity index (χ4n) is 2.29. The van der Waals surface area contributed by atoms with E-state index in [0.29, 0.717) is 17.9 Å². The maximum Gasteiger partial charge on any atom is 0.146 e. The second kappa shape index (κ2) is 4.94. The van der Waals surface area contributed by atoms with Crippen molar-refractivity contribution >= 4 is 16.7 Å². The van der Waals surface area contributed by atoms with Crippen LogP contribution in [0.4, 0.5) is 10.1 Å². The van der Waals surface area contributed by atoms with E-state index in [4.69, 9.17) is 5.73 Å². The maximum atomic E-state index is 13.6. The van der Waals surface area contributed by atoms with Gasteiger partial charge in [0.25, 0.3) is 0 Å². The van der Waals surface area contributed by atoms with E-state index in [9.17, 15) is 9.50 Å². The molecular formula is C15H14FN3O. The highest BCUT2D eigenvalue weighted by atomic mass is 19.1. The SMILES string of the molecule is Nc1ccc(-c2nc3ccccc3n2CCO)cc1F. The van der Waals surface area contributed by atoms with Crippen LogP contribution in [0.25, 0.3) is 22.4 Å². The van der Waals surface area contributed by atoms with Gasteiger partial charge in [0.15, 0.2) is 0 Å². The third-order valence-electron chi connectivity index (χ3n) is 3.24. The van der Waals surface area contributed by atoms with Gasteiger partial charge < -0.3 is 15.4 Å². The van der Waals surface area contributed by atoms with Gasteiger partial charge in [0.2, 0.25) is 0 Å². The van der Waals surface area contributed by atoms with Gasteiger partial charge in [0.05, 0.1) is 23.3 Å². The first kappa shape index (κ1) is 12.6. The molecule has 0 saturated heterocycles. The number of aromatic nitrogens is 2. The van der Waals surface area contributed by atoms with Gasteiger partial charge >= 0.3 is 0 Å². The summed E-state index contributed by atoms with van der Waals surface area (Å²) in [5.41, 5.74) is 7.97. The summed E-state index contributed by atoms with van der Waals surface area (Å²) in [4.78, 5) is 4.52. The molecule has 0 atom stereocenters. The second-order valence-electron chi connectivity index (χ2n) is 4.54. The number of aliphatic hydroxyl groups is 1. The monoisotopic (exact) mass is 271 g/mol. The molecule has 5 heteroatoms. The van der Waals surface area contributed by atoms with Crippen LogP contribution in [0.3, 0.4) is 0 Å². The van der Waals surface area contributed by atoms with E-state index >= 15 is 0 Å². The molecule has 0 amide bonds. The summed E-state index contributed by atoms with van der Waals surface area (Å²) in [6.07, 6.45) is 0. The standard InChI is InChI=1S/C15H14FN3O/c16-11-9-10(5-6-12(11)17)15-18-13-3-1-2-4-14(13)19(15)7-8-20/h1-6,9,20H,7-8,17H2. The predicted molar refractivity (Wildman–Crippen MR) is 76.6 cm³/mol. The van der Waals surface area contributed by atoms with Crippen LogP contribution in [0, 0.1) is 5.82 Å². The number of para-hydroxylation sites is 2. The zero-order chi connectivity index (χ0) is 14.1. The second-order valence-corrected chi connectivity index (χ2v) is 4.54. The van der Waals surface area contributed by atoms with E-state index in [0.717, 1.165) is 11.0 Å². The number of benzene rings is 2. The van der Waals surface area contributed by atoms with E-state index in [1.54, 1.807) is 6.07 Å². The van der Waals surface area contributed by atoms with Gasteiger partial charge in [-0.2, -0.15) is 0 Å². The third-order valence-corrected chi connectivity index (χ3v) is 3.24. The van der Waals surface area contributed by atoms with Crippen LogP contribution >= 0.6 is 0 Å². The molecule has 3 N–H and O–H groups in total. The molecule has 0 bridgehead atoms. The number of anilines is 1. The fraction of sp³-hybridized carbons (Fsp3) is 0.133. The van der Waals surface area contributed by atoms with Crippen LogP contribution in [0.1, 0.15) is 0 Å². The minimum atomic E-state index is -0.467. The fourth-order valence-corrected chi connectivity index (χ4v) is 2.29. The Balaban J connectivity index is 2.23. The molecule has 20 heavy (non-hydrogen) atoms. The number of nitrogens with two attached hydrogens (primary N) is 1. The molecule has 0 radical (unpaired) electrons. The molecule has 102 valence electrons. The van der Waals surface area contributed by atoms with E-state index in [-0.39, 0.29) is 12.3 Å². The summed E-state index contributed by atoms with van der Waals surface area (Å²) in [6.45, 7) is 0.395. The molecule has 0 aliphatic carbocycles. The molecule has 0 unspecified atom stereocenters. The topological polar surface area (TPSA) is 64.1 Å². The average Bonchev–Trinajstić information content (AvgIpc) is 2.82. The molecule has 4 nitrogen and oxygen atoms in total. The number of fused-ring (bicyclic) bond motifs is 1. The normalized spacial score (nSPS) is 11.1. The van der Waals surface area contributed by atoms with Crippen molar-refractivity contribution in [2.45, 2.75) is 6.54 Å². The predicted octanol–water partition coefficient (Wildman–Crippen LogP) is 2.42. The lowest BCUT2D eigenvalue weighted by atomic mass is 10.2. The minimum Gasteiger partial charge on any atom is -0.396 e. The maximum absolute atomic E-state index is 13.6. The van der Waals surface area contributed by atoms with Crippen molar-refractivity contribution in [1.82, 2.24) is 9.55 Å². The molecule has 3 rings (SSSR count). The zero-order valence-corrected chi connectivity index (χ0v) is 10.8. The van der Waals surface area contributed by atoms with Crippen molar-refractivity contribution in [3.8, 4) is 11.4 Å². The molecule has 2 aromatic carbocycles. The molecule has 0 spiro atoms. The van der Waals surface area contributed by atoms with Gasteiger partial charge in [-0.1, -0.05) is 12.1 Å². The van der Waals surface area contributed by atoms with E-state index in [1.165, 1.54) is 12.1 Å². The van der Waals surface area contributed by atoms with Gasteiger partial charge in [-0.25, -0.2) is 9.37 Å². The van der Waals surface area contributed by atoms with Gasteiger partial charge in [-0.05, 0) is 30.3 Å². The van der Waals surface area contributed by atoms with Crippen LogP contribution in [-0.4, -0.2) is 21.3 Å². The number of imidazole rings is 1. The van der Waals surface area contributed by atoms with Crippen molar-refractivity contribution < 1.29 is 9.50 Å². The van der Waals surface area contributed by atoms with E-state index in [2.05, 4.69) is 4.98 Å². The number of halogens is 1. The Labute approximate surface area is 115 Å².